The van der Waals surface area contributed by atoms with E-state index in [0.29, 0.717) is 25.7 Å². The second-order valence-corrected chi connectivity index (χ2v) is 22.7. The van der Waals surface area contributed by atoms with E-state index in [1.807, 2.05) is 133 Å². The Bertz CT molecular complexity index is 4270. The van der Waals surface area contributed by atoms with Crippen molar-refractivity contribution < 1.29 is 9.59 Å². The topological polar surface area (TPSA) is 34.1 Å². The van der Waals surface area contributed by atoms with Gasteiger partial charge in [-0.15, -0.1) is 0 Å². The number of rotatable bonds is 16. The first-order valence-corrected chi connectivity index (χ1v) is 30.2. The van der Waals surface area contributed by atoms with Gasteiger partial charge in [-0.1, -0.05) is 278 Å². The van der Waals surface area contributed by atoms with Crippen molar-refractivity contribution in [2.45, 2.75) is 38.5 Å². The summed E-state index contributed by atoms with van der Waals surface area (Å²) in [4.78, 5) is 30.1. The van der Waals surface area contributed by atoms with Crippen LogP contribution in [0, 0.1) is 23.7 Å². The maximum absolute atomic E-state index is 15.0. The van der Waals surface area contributed by atoms with Crippen molar-refractivity contribution in [3.63, 3.8) is 0 Å². The summed E-state index contributed by atoms with van der Waals surface area (Å²) in [6, 6.07) is 105. The molecule has 2 aliphatic carbocycles. The predicted molar refractivity (Wildman–Crippen MR) is 361 cm³/mol. The molecule has 2 heteroatoms. The number of ketones is 2. The first-order chi connectivity index (χ1) is 43.4. The molecule has 11 aromatic carbocycles. The standard InChI is InChI=1S/C86H62O2/c87-85-77(57-65-23-11-3-12-24-65)81(73-47-39-63(40-48-73)33-31-61-19-7-1-8-20-61)83(79(85)59-67-27-15-5-16-28-67)75-51-43-71(44-52-75)55-69-35-37-70(38-36-69)56-72-45-53-76(54-46-72)84-80(60-68-29-17-6-18-30-68)86(88)78(58-66-25-13-4-14-26-66)82(84)74-49-41-64(42-50-74)34-32-62-21-9-2-10-22-62/h1-30,35-54H,55-60H2. The third kappa shape index (κ3) is 13.0. The highest BCUT2D eigenvalue weighted by Gasteiger charge is 2.35. The van der Waals surface area contributed by atoms with Crippen molar-refractivity contribution in [2.75, 3.05) is 0 Å². The van der Waals surface area contributed by atoms with Crippen molar-refractivity contribution in [3.8, 4) is 23.7 Å². The zero-order valence-corrected chi connectivity index (χ0v) is 48.9. The van der Waals surface area contributed by atoms with Crippen LogP contribution in [-0.2, 0) is 48.1 Å². The quantitative estimate of drug-likeness (QED) is 0.0904. The third-order valence-electron chi connectivity index (χ3n) is 16.6. The molecule has 0 unspecified atom stereocenters. The van der Waals surface area contributed by atoms with Crippen LogP contribution in [0.1, 0.15) is 89.0 Å². The van der Waals surface area contributed by atoms with Gasteiger partial charge < -0.3 is 0 Å². The molecule has 0 atom stereocenters. The van der Waals surface area contributed by atoms with Crippen LogP contribution >= 0.6 is 0 Å². The van der Waals surface area contributed by atoms with E-state index in [1.54, 1.807) is 0 Å². The van der Waals surface area contributed by atoms with E-state index in [1.165, 1.54) is 22.3 Å². The van der Waals surface area contributed by atoms with Crippen molar-refractivity contribution in [1.82, 2.24) is 0 Å². The first kappa shape index (κ1) is 56.0. The van der Waals surface area contributed by atoms with Crippen molar-refractivity contribution in [3.05, 3.63) is 415 Å². The highest BCUT2D eigenvalue weighted by atomic mass is 16.1. The highest BCUT2D eigenvalue weighted by molar-refractivity contribution is 6.33. The fourth-order valence-electron chi connectivity index (χ4n) is 12.2. The SMILES string of the molecule is O=C1C(Cc2ccccc2)=C(c2ccc(C#Cc3ccccc3)cc2)C(c2ccc(Cc3ccc(Cc4ccc(C5=C(Cc6ccccc6)C(=O)C(Cc6ccccc6)=C5c5ccc(C#Cc6ccccc6)cc5)cc4)cc3)cc2)=C1Cc1ccccc1. The smallest absolute Gasteiger partial charge is 0.186 e. The highest BCUT2D eigenvalue weighted by Crippen LogP contribution is 2.47. The van der Waals surface area contributed by atoms with Gasteiger partial charge in [-0.05, 0) is 150 Å². The Morgan fingerprint density at radius 3 is 0.602 bits per heavy atom. The van der Waals surface area contributed by atoms with Gasteiger partial charge in [0.2, 0.25) is 0 Å². The largest absolute Gasteiger partial charge is 0.289 e. The second-order valence-electron chi connectivity index (χ2n) is 22.7. The van der Waals surface area contributed by atoms with Crippen LogP contribution in [0.4, 0.5) is 0 Å². The summed E-state index contributed by atoms with van der Waals surface area (Å²) in [5.41, 5.74) is 24.3. The second kappa shape index (κ2) is 26.4. The van der Waals surface area contributed by atoms with Gasteiger partial charge in [0.15, 0.2) is 11.6 Å². The molecule has 0 spiro atoms. The van der Waals surface area contributed by atoms with E-state index >= 15 is 9.59 Å². The number of allylic oxidation sites excluding steroid dienone is 8. The van der Waals surface area contributed by atoms with Crippen LogP contribution in [0.5, 0.6) is 0 Å². The summed E-state index contributed by atoms with van der Waals surface area (Å²) in [6.45, 7) is 0. The molecular weight excluding hydrogens is 1060 g/mol. The van der Waals surface area contributed by atoms with E-state index in [-0.39, 0.29) is 11.6 Å². The van der Waals surface area contributed by atoms with Crippen LogP contribution in [0.3, 0.4) is 0 Å². The summed E-state index contributed by atoms with van der Waals surface area (Å²) in [5, 5.41) is 0. The maximum Gasteiger partial charge on any atom is 0.186 e. The van der Waals surface area contributed by atoms with Gasteiger partial charge in [-0.3, -0.25) is 9.59 Å². The lowest BCUT2D eigenvalue weighted by molar-refractivity contribution is -0.112. The van der Waals surface area contributed by atoms with Crippen molar-refractivity contribution >= 4 is 33.9 Å². The molecule has 0 bridgehead atoms. The molecule has 0 fully saturated rings. The fourth-order valence-corrected chi connectivity index (χ4v) is 12.2. The summed E-state index contributed by atoms with van der Waals surface area (Å²) in [5.74, 6) is 13.5. The van der Waals surface area contributed by atoms with Crippen LogP contribution in [0.25, 0.3) is 22.3 Å². The number of benzene rings is 11. The molecule has 0 aromatic heterocycles. The molecule has 2 nitrogen and oxygen atoms in total. The molecule has 88 heavy (non-hydrogen) atoms. The minimum Gasteiger partial charge on any atom is -0.289 e. The van der Waals surface area contributed by atoms with E-state index in [0.717, 1.165) is 124 Å². The summed E-state index contributed by atoms with van der Waals surface area (Å²) in [6.07, 6.45) is 3.65. The van der Waals surface area contributed by atoms with E-state index in [4.69, 9.17) is 0 Å². The van der Waals surface area contributed by atoms with Gasteiger partial charge in [-0.2, -0.15) is 0 Å². The van der Waals surface area contributed by atoms with Gasteiger partial charge in [0, 0.05) is 70.2 Å². The van der Waals surface area contributed by atoms with Crippen molar-refractivity contribution in [2.24, 2.45) is 0 Å². The lowest BCUT2D eigenvalue weighted by Gasteiger charge is -2.15. The lowest BCUT2D eigenvalue weighted by atomic mass is 9.88. The molecule has 0 radical (unpaired) electrons. The summed E-state index contributed by atoms with van der Waals surface area (Å²) >= 11 is 0. The minimum atomic E-state index is 0.101. The zero-order valence-electron chi connectivity index (χ0n) is 48.9. The molecule has 0 N–H and O–H groups in total. The average molecular weight is 1130 g/mol. The number of Topliss-reactive ketones (excluding diaryl/α,β-unsaturated/α-hetero) is 2. The monoisotopic (exact) mass is 1130 g/mol. The normalized spacial score (nSPS) is 13.0. The molecule has 0 saturated heterocycles. The molecular formula is C86H62O2. The summed E-state index contributed by atoms with van der Waals surface area (Å²) in [7, 11) is 0. The van der Waals surface area contributed by atoms with Crippen LogP contribution in [0.15, 0.2) is 326 Å². The molecule has 0 saturated carbocycles. The molecule has 11 aromatic rings. The number of carbonyl (C=O) groups is 2. The number of hydrogen-bond acceptors (Lipinski definition) is 2. The Morgan fingerprint density at radius 2 is 0.364 bits per heavy atom. The lowest BCUT2D eigenvalue weighted by Crippen LogP contribution is -2.07. The van der Waals surface area contributed by atoms with Crippen LogP contribution < -0.4 is 0 Å². The first-order valence-electron chi connectivity index (χ1n) is 30.2. The van der Waals surface area contributed by atoms with Crippen molar-refractivity contribution in [1.29, 1.82) is 0 Å². The number of carbonyl (C=O) groups excluding carboxylic acids is 2. The van der Waals surface area contributed by atoms with E-state index < -0.39 is 0 Å². The van der Waals surface area contributed by atoms with Gasteiger partial charge >= 0.3 is 0 Å². The molecule has 0 amide bonds. The minimum absolute atomic E-state index is 0.101. The van der Waals surface area contributed by atoms with E-state index in [2.05, 4.69) is 194 Å². The fraction of sp³-hybridized carbons (Fsp3) is 0.0698. The molecule has 13 rings (SSSR count). The Morgan fingerprint density at radius 1 is 0.182 bits per heavy atom. The number of hydrogen-bond donors (Lipinski definition) is 0. The Hall–Kier alpha value is -11.2. The third-order valence-corrected chi connectivity index (χ3v) is 16.6. The maximum atomic E-state index is 15.0. The zero-order chi connectivity index (χ0) is 59.4. The van der Waals surface area contributed by atoms with Crippen LogP contribution in [0.2, 0.25) is 0 Å². The molecule has 418 valence electrons. The van der Waals surface area contributed by atoms with Gasteiger partial charge in [0.1, 0.15) is 0 Å². The molecule has 2 aliphatic rings. The van der Waals surface area contributed by atoms with Gasteiger partial charge in [-0.25, -0.2) is 0 Å². The van der Waals surface area contributed by atoms with Gasteiger partial charge in [0.25, 0.3) is 0 Å². The Kier molecular flexibility index (Phi) is 16.8. The molecule has 0 heterocycles. The van der Waals surface area contributed by atoms with Gasteiger partial charge in [0.05, 0.1) is 0 Å². The Labute approximate surface area is 517 Å². The van der Waals surface area contributed by atoms with E-state index in [9.17, 15) is 0 Å². The molecule has 0 aliphatic heterocycles. The Balaban J connectivity index is 0.766. The average Bonchev–Trinajstić information content (AvgIpc) is 1.75. The predicted octanol–water partition coefficient (Wildman–Crippen LogP) is 18.2. The van der Waals surface area contributed by atoms with Crippen LogP contribution in [-0.4, -0.2) is 11.6 Å². The summed E-state index contributed by atoms with van der Waals surface area (Å²) < 4.78 is 0.